The van der Waals surface area contributed by atoms with E-state index >= 15 is 0 Å². The normalized spacial score (nSPS) is 11.2. The van der Waals surface area contributed by atoms with Gasteiger partial charge in [0.15, 0.2) is 0 Å². The highest BCUT2D eigenvalue weighted by molar-refractivity contribution is 5.63. The molecule has 172 valence electrons. The van der Waals surface area contributed by atoms with Gasteiger partial charge in [-0.2, -0.15) is 5.10 Å². The summed E-state index contributed by atoms with van der Waals surface area (Å²) in [4.78, 5) is 2.33. The van der Waals surface area contributed by atoms with Gasteiger partial charge in [-0.15, -0.1) is 0 Å². The van der Waals surface area contributed by atoms with Crippen LogP contribution in [-0.2, 0) is 6.54 Å². The van der Waals surface area contributed by atoms with Gasteiger partial charge in [0, 0.05) is 17.7 Å². The Hall–Kier alpha value is -2.99. The number of unbranched alkanes of at least 4 members (excludes halogenated alkanes) is 1. The van der Waals surface area contributed by atoms with Gasteiger partial charge in [-0.25, -0.2) is 0 Å². The van der Waals surface area contributed by atoms with Crippen LogP contribution in [-0.4, -0.2) is 48.0 Å². The van der Waals surface area contributed by atoms with E-state index in [1.807, 2.05) is 56.4 Å². The number of benzene rings is 2. The number of hydrogen-bond donors (Lipinski definition) is 1. The quantitative estimate of drug-likeness (QED) is 0.355. The smallest absolute Gasteiger partial charge is 0.122 e. The van der Waals surface area contributed by atoms with E-state index in [9.17, 15) is 0 Å². The molecule has 0 spiro atoms. The molecule has 3 aromatic rings. The molecule has 0 atom stereocenters. The maximum absolute atomic E-state index is 5.83. The molecular formula is C26H35N3O3. The van der Waals surface area contributed by atoms with Gasteiger partial charge >= 0.3 is 0 Å². The van der Waals surface area contributed by atoms with Crippen LogP contribution in [0.2, 0.25) is 0 Å². The van der Waals surface area contributed by atoms with Crippen LogP contribution < -0.4 is 14.2 Å². The molecule has 0 unspecified atom stereocenters. The van der Waals surface area contributed by atoms with Gasteiger partial charge in [-0.05, 0) is 82.4 Å². The third-order valence-corrected chi connectivity index (χ3v) is 5.01. The predicted molar refractivity (Wildman–Crippen MR) is 128 cm³/mol. The zero-order valence-electron chi connectivity index (χ0n) is 19.6. The van der Waals surface area contributed by atoms with Crippen LogP contribution in [0.4, 0.5) is 0 Å². The lowest BCUT2D eigenvalue weighted by molar-refractivity contribution is 0.216. The van der Waals surface area contributed by atoms with Crippen LogP contribution in [0.25, 0.3) is 11.3 Å². The molecule has 0 fully saturated rings. The van der Waals surface area contributed by atoms with Crippen molar-refractivity contribution >= 4 is 0 Å². The van der Waals surface area contributed by atoms with Crippen LogP contribution in [0.5, 0.6) is 17.2 Å². The van der Waals surface area contributed by atoms with E-state index in [1.54, 1.807) is 0 Å². The second-order valence-electron chi connectivity index (χ2n) is 8.22. The van der Waals surface area contributed by atoms with E-state index in [4.69, 9.17) is 14.2 Å². The Labute approximate surface area is 191 Å². The Bertz CT molecular complexity index is 920. The summed E-state index contributed by atoms with van der Waals surface area (Å²) < 4.78 is 17.2. The standard InChI is InChI=1S/C26H35N3O3/c1-5-6-15-29(4)19-22-18-27-28-26(22)21-7-9-23(10-8-21)30-16-17-31-24-11-13-25(14-12-24)32-20(2)3/h7-14,18,20H,5-6,15-17,19H2,1-4H3,(H,27,28). The second kappa shape index (κ2) is 12.2. The van der Waals surface area contributed by atoms with Crippen LogP contribution in [0, 0.1) is 0 Å². The zero-order chi connectivity index (χ0) is 22.8. The fourth-order valence-electron chi connectivity index (χ4n) is 3.40. The molecule has 0 saturated heterocycles. The van der Waals surface area contributed by atoms with Gasteiger partial charge in [-0.3, -0.25) is 5.10 Å². The SMILES string of the molecule is CCCCN(C)Cc1cn[nH]c1-c1ccc(OCCOc2ccc(OC(C)C)cc2)cc1. The average molecular weight is 438 g/mol. The topological polar surface area (TPSA) is 59.6 Å². The minimum atomic E-state index is 0.161. The molecule has 1 aromatic heterocycles. The molecule has 0 saturated carbocycles. The highest BCUT2D eigenvalue weighted by Gasteiger charge is 2.10. The molecule has 0 aliphatic rings. The number of ether oxygens (including phenoxy) is 3. The molecule has 2 aromatic carbocycles. The van der Waals surface area contributed by atoms with E-state index < -0.39 is 0 Å². The van der Waals surface area contributed by atoms with Crippen molar-refractivity contribution in [3.8, 4) is 28.5 Å². The lowest BCUT2D eigenvalue weighted by atomic mass is 10.1. The number of aromatic amines is 1. The summed E-state index contributed by atoms with van der Waals surface area (Å²) >= 11 is 0. The first-order valence-corrected chi connectivity index (χ1v) is 11.4. The monoisotopic (exact) mass is 437 g/mol. The van der Waals surface area contributed by atoms with E-state index in [0.717, 1.165) is 41.6 Å². The Kier molecular flexibility index (Phi) is 8.99. The maximum Gasteiger partial charge on any atom is 0.122 e. The number of hydrogen-bond acceptors (Lipinski definition) is 5. The van der Waals surface area contributed by atoms with Crippen LogP contribution in [0.3, 0.4) is 0 Å². The molecule has 6 nitrogen and oxygen atoms in total. The van der Waals surface area contributed by atoms with Crippen molar-refractivity contribution in [2.45, 2.75) is 46.3 Å². The molecular weight excluding hydrogens is 402 g/mol. The molecule has 0 radical (unpaired) electrons. The maximum atomic E-state index is 5.83. The molecule has 0 amide bonds. The summed E-state index contributed by atoms with van der Waals surface area (Å²) in [5.74, 6) is 2.46. The Balaban J connectivity index is 1.46. The summed E-state index contributed by atoms with van der Waals surface area (Å²) in [5, 5.41) is 7.40. The summed E-state index contributed by atoms with van der Waals surface area (Å²) in [6, 6.07) is 15.7. The van der Waals surface area contributed by atoms with Gasteiger partial charge in [-0.1, -0.05) is 13.3 Å². The number of rotatable bonds is 13. The number of H-pyrrole nitrogens is 1. The van der Waals surface area contributed by atoms with Crippen molar-refractivity contribution in [2.24, 2.45) is 0 Å². The first kappa shape index (κ1) is 23.7. The lowest BCUT2D eigenvalue weighted by Gasteiger charge is -2.16. The molecule has 32 heavy (non-hydrogen) atoms. The van der Waals surface area contributed by atoms with Crippen molar-refractivity contribution in [3.05, 3.63) is 60.3 Å². The largest absolute Gasteiger partial charge is 0.491 e. The van der Waals surface area contributed by atoms with Crippen molar-refractivity contribution in [1.29, 1.82) is 0 Å². The minimum absolute atomic E-state index is 0.161. The number of aromatic nitrogens is 2. The molecule has 0 bridgehead atoms. The highest BCUT2D eigenvalue weighted by atomic mass is 16.5. The van der Waals surface area contributed by atoms with E-state index in [1.165, 1.54) is 18.4 Å². The first-order valence-electron chi connectivity index (χ1n) is 11.4. The van der Waals surface area contributed by atoms with Crippen molar-refractivity contribution < 1.29 is 14.2 Å². The van der Waals surface area contributed by atoms with Crippen LogP contribution in [0.1, 0.15) is 39.2 Å². The molecule has 1 N–H and O–H groups in total. The molecule has 6 heteroatoms. The summed E-state index contributed by atoms with van der Waals surface area (Å²) in [5.41, 5.74) is 3.37. The zero-order valence-corrected chi connectivity index (χ0v) is 19.6. The minimum Gasteiger partial charge on any atom is -0.491 e. The molecule has 0 aliphatic carbocycles. The number of nitrogens with zero attached hydrogens (tertiary/aromatic N) is 2. The summed E-state index contributed by atoms with van der Waals surface area (Å²) in [6.07, 6.45) is 4.49. The van der Waals surface area contributed by atoms with Crippen LogP contribution >= 0.6 is 0 Å². The van der Waals surface area contributed by atoms with Gasteiger partial charge < -0.3 is 19.1 Å². The summed E-state index contributed by atoms with van der Waals surface area (Å²) in [7, 11) is 2.15. The number of nitrogens with one attached hydrogen (secondary N) is 1. The highest BCUT2D eigenvalue weighted by Crippen LogP contribution is 2.25. The van der Waals surface area contributed by atoms with E-state index in [2.05, 4.69) is 41.2 Å². The van der Waals surface area contributed by atoms with Crippen molar-refractivity contribution in [2.75, 3.05) is 26.8 Å². The van der Waals surface area contributed by atoms with Crippen molar-refractivity contribution in [3.63, 3.8) is 0 Å². The average Bonchev–Trinajstić information content (AvgIpc) is 3.24. The first-order chi connectivity index (χ1) is 15.5. The van der Waals surface area contributed by atoms with E-state index in [0.29, 0.717) is 13.2 Å². The van der Waals surface area contributed by atoms with Gasteiger partial charge in [0.25, 0.3) is 0 Å². The molecule has 0 aliphatic heterocycles. The molecule has 1 heterocycles. The van der Waals surface area contributed by atoms with Gasteiger partial charge in [0.2, 0.25) is 0 Å². The predicted octanol–water partition coefficient (Wildman–Crippen LogP) is 5.55. The van der Waals surface area contributed by atoms with Crippen molar-refractivity contribution in [1.82, 2.24) is 15.1 Å². The fraction of sp³-hybridized carbons (Fsp3) is 0.423. The van der Waals surface area contributed by atoms with E-state index in [-0.39, 0.29) is 6.10 Å². The van der Waals surface area contributed by atoms with Gasteiger partial charge in [0.05, 0.1) is 18.0 Å². The Morgan fingerprint density at radius 3 is 2.09 bits per heavy atom. The Morgan fingerprint density at radius 2 is 1.50 bits per heavy atom. The van der Waals surface area contributed by atoms with Gasteiger partial charge in [0.1, 0.15) is 30.5 Å². The summed E-state index contributed by atoms with van der Waals surface area (Å²) in [6.45, 7) is 9.15. The lowest BCUT2D eigenvalue weighted by Crippen LogP contribution is -2.19. The third-order valence-electron chi connectivity index (χ3n) is 5.01. The third kappa shape index (κ3) is 7.31. The fourth-order valence-corrected chi connectivity index (χ4v) is 3.40. The second-order valence-corrected chi connectivity index (χ2v) is 8.22. The Morgan fingerprint density at radius 1 is 0.906 bits per heavy atom. The van der Waals surface area contributed by atoms with Crippen LogP contribution in [0.15, 0.2) is 54.7 Å². The molecule has 3 rings (SSSR count).